The lowest BCUT2D eigenvalue weighted by atomic mass is 9.95. The predicted molar refractivity (Wildman–Crippen MR) is 114 cm³/mol. The Bertz CT molecular complexity index is 983. The first kappa shape index (κ1) is 21.7. The highest BCUT2D eigenvalue weighted by atomic mass is 79.9. The highest BCUT2D eigenvalue weighted by Crippen LogP contribution is 2.39. The van der Waals surface area contributed by atoms with Crippen LogP contribution in [0.25, 0.3) is 0 Å². The van der Waals surface area contributed by atoms with E-state index < -0.39 is 23.5 Å². The van der Waals surface area contributed by atoms with Crippen LogP contribution in [0.5, 0.6) is 0 Å². The van der Waals surface area contributed by atoms with Gasteiger partial charge < -0.3 is 14.9 Å². The number of hydrogen-bond acceptors (Lipinski definition) is 5. The van der Waals surface area contributed by atoms with Crippen LogP contribution in [-0.4, -0.2) is 48.8 Å². The third kappa shape index (κ3) is 4.44. The molecule has 3 rings (SSSR count). The van der Waals surface area contributed by atoms with E-state index in [0.717, 1.165) is 28.0 Å². The number of thiazole rings is 1. The number of nitrogens with one attached hydrogen (secondary N) is 1. The second-order valence-corrected chi connectivity index (χ2v) is 9.60. The van der Waals surface area contributed by atoms with Crippen LogP contribution in [0.2, 0.25) is 0 Å². The van der Waals surface area contributed by atoms with E-state index in [1.54, 1.807) is 11.8 Å². The number of ketones is 1. The van der Waals surface area contributed by atoms with Gasteiger partial charge in [0.1, 0.15) is 0 Å². The summed E-state index contributed by atoms with van der Waals surface area (Å²) in [6, 6.07) is 6.75. The van der Waals surface area contributed by atoms with Crippen LogP contribution < -0.4 is 10.0 Å². The van der Waals surface area contributed by atoms with Gasteiger partial charge >= 0.3 is 0 Å². The van der Waals surface area contributed by atoms with Gasteiger partial charge in [0.05, 0.1) is 42.3 Å². The van der Waals surface area contributed by atoms with Gasteiger partial charge in [-0.3, -0.25) is 9.59 Å². The summed E-state index contributed by atoms with van der Waals surface area (Å²) in [4.78, 5) is 33.8. The number of rotatable bonds is 7. The minimum absolute atomic E-state index is 0.0250. The van der Waals surface area contributed by atoms with Crippen LogP contribution in [0, 0.1) is 13.8 Å². The molecule has 0 fully saturated rings. The van der Waals surface area contributed by atoms with Crippen molar-refractivity contribution in [2.75, 3.05) is 27.2 Å². The monoisotopic (exact) mass is 477 g/mol. The van der Waals surface area contributed by atoms with Crippen LogP contribution in [0.15, 0.2) is 40.1 Å². The molecule has 29 heavy (non-hydrogen) atoms. The summed E-state index contributed by atoms with van der Waals surface area (Å²) in [6.07, 6.45) is 0.742. The Kier molecular flexibility index (Phi) is 6.55. The highest BCUT2D eigenvalue weighted by Gasteiger charge is 2.40. The van der Waals surface area contributed by atoms with E-state index >= 15 is 0 Å². The molecule has 2 aromatic rings. The highest BCUT2D eigenvalue weighted by molar-refractivity contribution is 9.10. The van der Waals surface area contributed by atoms with Gasteiger partial charge in [0.25, 0.3) is 0 Å². The molecule has 154 valence electrons. The van der Waals surface area contributed by atoms with Crippen molar-refractivity contribution in [2.24, 2.45) is 0 Å². The van der Waals surface area contributed by atoms with Crippen LogP contribution in [0.4, 0.5) is 0 Å². The first-order valence-corrected chi connectivity index (χ1v) is 11.1. The zero-order valence-corrected chi connectivity index (χ0v) is 19.3. The van der Waals surface area contributed by atoms with Crippen LogP contribution in [-0.2, 0) is 4.79 Å². The molecule has 0 aliphatic carbocycles. The fraction of sp³-hybridized carbons (Fsp3) is 0.381. The SMILES string of the molecule is Cc1nc(C)c(C(=O)C2=C([O-])C(=O)N(CCC[NH+](C)C)C2c2cccc(Br)c2)s1. The Balaban J connectivity index is 2.05. The van der Waals surface area contributed by atoms with Crippen molar-refractivity contribution in [2.45, 2.75) is 26.3 Å². The average molecular weight is 478 g/mol. The maximum Gasteiger partial charge on any atom is 0.239 e. The third-order valence-corrected chi connectivity index (χ3v) is 6.44. The van der Waals surface area contributed by atoms with Gasteiger partial charge in [-0.25, -0.2) is 4.98 Å². The minimum atomic E-state index is -0.706. The number of hydrogen-bond donors (Lipinski definition) is 1. The summed E-state index contributed by atoms with van der Waals surface area (Å²) in [6.45, 7) is 4.86. The lowest BCUT2D eigenvalue weighted by molar-refractivity contribution is -0.858. The molecule has 8 heteroatoms. The normalized spacial score (nSPS) is 17.0. The van der Waals surface area contributed by atoms with E-state index in [-0.39, 0.29) is 5.57 Å². The van der Waals surface area contributed by atoms with E-state index in [9.17, 15) is 14.7 Å². The average Bonchev–Trinajstić information content (AvgIpc) is 3.11. The third-order valence-electron chi connectivity index (χ3n) is 4.88. The lowest BCUT2D eigenvalue weighted by Gasteiger charge is -2.28. The van der Waals surface area contributed by atoms with Crippen molar-refractivity contribution in [3.8, 4) is 0 Å². The number of halogens is 1. The largest absolute Gasteiger partial charge is 0.868 e. The van der Waals surface area contributed by atoms with Gasteiger partial charge in [0.2, 0.25) is 11.7 Å². The maximum absolute atomic E-state index is 13.4. The molecule has 1 aromatic carbocycles. The summed E-state index contributed by atoms with van der Waals surface area (Å²) in [5, 5.41) is 13.7. The van der Waals surface area contributed by atoms with Crippen molar-refractivity contribution in [3.05, 3.63) is 61.2 Å². The number of benzene rings is 1. The van der Waals surface area contributed by atoms with Gasteiger partial charge in [0, 0.05) is 23.0 Å². The number of nitrogens with zero attached hydrogens (tertiary/aromatic N) is 2. The first-order chi connectivity index (χ1) is 13.7. The molecule has 0 radical (unpaired) electrons. The molecule has 0 saturated carbocycles. The first-order valence-electron chi connectivity index (χ1n) is 9.46. The number of Topliss-reactive ketones (excluding diaryl/α,β-unsaturated/α-hetero) is 1. The van der Waals surface area contributed by atoms with Crippen LogP contribution in [0.3, 0.4) is 0 Å². The van der Waals surface area contributed by atoms with Crippen LogP contribution in [0.1, 0.15) is 38.4 Å². The number of quaternary nitrogens is 1. The van der Waals surface area contributed by atoms with Gasteiger partial charge in [-0.15, -0.1) is 11.3 Å². The summed E-state index contributed by atoms with van der Waals surface area (Å²) in [5.41, 5.74) is 1.36. The quantitative estimate of drug-likeness (QED) is 0.612. The fourth-order valence-electron chi connectivity index (χ4n) is 3.59. The second-order valence-electron chi connectivity index (χ2n) is 7.49. The summed E-state index contributed by atoms with van der Waals surface area (Å²) in [5.74, 6) is -1.70. The standard InChI is InChI=1S/C21H24BrN3O3S/c1-12-20(29-13(2)23-12)18(26)16-17(14-7-5-8-15(22)11-14)25(21(28)19(16)27)10-6-9-24(3)4/h5,7-8,11,17,27H,6,9-10H2,1-4H3. The van der Waals surface area contributed by atoms with Gasteiger partial charge in [-0.05, 0) is 37.3 Å². The van der Waals surface area contributed by atoms with E-state index in [1.807, 2.05) is 45.3 Å². The van der Waals surface area contributed by atoms with Crippen molar-refractivity contribution < 1.29 is 19.6 Å². The van der Waals surface area contributed by atoms with Crippen molar-refractivity contribution in [1.82, 2.24) is 9.88 Å². The molecule has 1 atom stereocenters. The minimum Gasteiger partial charge on any atom is -0.868 e. The molecule has 0 bridgehead atoms. The number of carbonyl (C=O) groups excluding carboxylic acids is 2. The van der Waals surface area contributed by atoms with Crippen molar-refractivity contribution >= 4 is 39.0 Å². The molecule has 2 heterocycles. The Labute approximate surface area is 183 Å². The van der Waals surface area contributed by atoms with Crippen molar-refractivity contribution in [3.63, 3.8) is 0 Å². The number of carbonyl (C=O) groups is 2. The van der Waals surface area contributed by atoms with Gasteiger partial charge in [-0.2, -0.15) is 0 Å². The molecular formula is C21H24BrN3O3S. The van der Waals surface area contributed by atoms with E-state index in [0.29, 0.717) is 17.1 Å². The Hall–Kier alpha value is -2.03. The molecule has 1 aliphatic rings. The lowest BCUT2D eigenvalue weighted by Crippen LogP contribution is -3.05. The number of aryl methyl sites for hydroxylation is 2. The molecule has 1 amide bonds. The second kappa shape index (κ2) is 8.77. The summed E-state index contributed by atoms with van der Waals surface area (Å²) in [7, 11) is 4.08. The number of aromatic nitrogens is 1. The smallest absolute Gasteiger partial charge is 0.239 e. The Morgan fingerprint density at radius 2 is 2.07 bits per heavy atom. The molecular weight excluding hydrogens is 454 g/mol. The molecule has 0 spiro atoms. The van der Waals surface area contributed by atoms with Crippen LogP contribution >= 0.6 is 27.3 Å². The molecule has 1 aliphatic heterocycles. The Morgan fingerprint density at radius 1 is 1.34 bits per heavy atom. The predicted octanol–water partition coefficient (Wildman–Crippen LogP) is 1.44. The van der Waals surface area contributed by atoms with Gasteiger partial charge in [-0.1, -0.05) is 28.1 Å². The fourth-order valence-corrected chi connectivity index (χ4v) is 4.88. The topological polar surface area (TPSA) is 77.8 Å². The Morgan fingerprint density at radius 3 is 2.66 bits per heavy atom. The molecule has 1 aromatic heterocycles. The zero-order valence-electron chi connectivity index (χ0n) is 16.9. The van der Waals surface area contributed by atoms with Crippen molar-refractivity contribution in [1.29, 1.82) is 0 Å². The van der Waals surface area contributed by atoms with Gasteiger partial charge in [0.15, 0.2) is 0 Å². The number of amides is 1. The van der Waals surface area contributed by atoms with E-state index in [4.69, 9.17) is 0 Å². The summed E-state index contributed by atoms with van der Waals surface area (Å²) >= 11 is 4.71. The van der Waals surface area contributed by atoms with E-state index in [2.05, 4.69) is 20.9 Å². The van der Waals surface area contributed by atoms with E-state index in [1.165, 1.54) is 16.2 Å². The molecule has 1 N–H and O–H groups in total. The zero-order chi connectivity index (χ0) is 21.3. The molecule has 6 nitrogen and oxygen atoms in total. The molecule has 1 unspecified atom stereocenters. The maximum atomic E-state index is 13.4. The summed E-state index contributed by atoms with van der Waals surface area (Å²) < 4.78 is 0.830. The molecule has 0 saturated heterocycles.